The maximum atomic E-state index is 2.63. The molecule has 6 aromatic carbocycles. The van der Waals surface area contributed by atoms with E-state index in [4.69, 9.17) is 0 Å². The zero-order chi connectivity index (χ0) is 27.5. The molecule has 1 radical (unpaired) electrons. The van der Waals surface area contributed by atoms with E-state index in [2.05, 4.69) is 154 Å². The second kappa shape index (κ2) is 9.46. The number of hydrogen-bond donors (Lipinski definition) is 0. The van der Waals surface area contributed by atoms with Crippen LogP contribution in [0.5, 0.6) is 0 Å². The summed E-state index contributed by atoms with van der Waals surface area (Å²) in [7, 11) is 0. The molecule has 0 nitrogen and oxygen atoms in total. The van der Waals surface area contributed by atoms with Crippen molar-refractivity contribution in [3.8, 4) is 0 Å². The fourth-order valence-corrected chi connectivity index (χ4v) is 7.20. The van der Waals surface area contributed by atoms with Gasteiger partial charge in [0.05, 0.1) is 0 Å². The van der Waals surface area contributed by atoms with Gasteiger partial charge in [-0.15, -0.1) is 0 Å². The molecule has 0 aromatic heterocycles. The molecule has 0 saturated heterocycles. The lowest BCUT2D eigenvalue weighted by molar-refractivity contribution is 0.892. The van der Waals surface area contributed by atoms with Crippen LogP contribution in [-0.4, -0.2) is 0 Å². The van der Waals surface area contributed by atoms with E-state index in [1.165, 1.54) is 77.2 Å². The second-order valence-electron chi connectivity index (χ2n) is 11.7. The SMILES string of the molecule is Cc1cc(C2=Cc3ccccc3C2[CH]C2C(c3cc(C)cc4ccccc34)=Cc3ccccc32)c2ccccc2c1. The molecule has 195 valence electrons. The average molecular weight is 524 g/mol. The van der Waals surface area contributed by atoms with Gasteiger partial charge < -0.3 is 0 Å². The van der Waals surface area contributed by atoms with Gasteiger partial charge in [0.2, 0.25) is 0 Å². The molecule has 2 aliphatic rings. The largest absolute Gasteiger partial charge is 0.0619 e. The lowest BCUT2D eigenvalue weighted by atomic mass is 9.77. The summed E-state index contributed by atoms with van der Waals surface area (Å²) in [6.07, 6.45) is 7.50. The minimum absolute atomic E-state index is 0.187. The van der Waals surface area contributed by atoms with Crippen molar-refractivity contribution in [2.45, 2.75) is 25.7 Å². The summed E-state index contributed by atoms with van der Waals surface area (Å²) >= 11 is 0. The minimum atomic E-state index is 0.187. The summed E-state index contributed by atoms with van der Waals surface area (Å²) in [6.45, 7) is 4.43. The number of benzene rings is 6. The highest BCUT2D eigenvalue weighted by atomic mass is 14.4. The van der Waals surface area contributed by atoms with E-state index in [1.807, 2.05) is 0 Å². The monoisotopic (exact) mass is 523 g/mol. The first-order valence-corrected chi connectivity index (χ1v) is 14.6. The van der Waals surface area contributed by atoms with Gasteiger partial charge in [-0.05, 0) is 97.5 Å². The zero-order valence-electron chi connectivity index (χ0n) is 23.4. The molecular weight excluding hydrogens is 492 g/mol. The van der Waals surface area contributed by atoms with Gasteiger partial charge in [-0.2, -0.15) is 0 Å². The van der Waals surface area contributed by atoms with Gasteiger partial charge >= 0.3 is 0 Å². The molecule has 2 atom stereocenters. The van der Waals surface area contributed by atoms with Gasteiger partial charge in [0.1, 0.15) is 0 Å². The van der Waals surface area contributed by atoms with E-state index in [9.17, 15) is 0 Å². The first kappa shape index (κ1) is 24.1. The molecule has 8 rings (SSSR count). The zero-order valence-corrected chi connectivity index (χ0v) is 23.4. The first-order valence-electron chi connectivity index (χ1n) is 14.6. The minimum Gasteiger partial charge on any atom is -0.0619 e. The Kier molecular flexibility index (Phi) is 5.57. The number of fused-ring (bicyclic) bond motifs is 4. The Morgan fingerprint density at radius 2 is 0.878 bits per heavy atom. The standard InChI is InChI=1S/C41H31/c1-26-19-28-11-3-7-15-32(28)36(21-26)38-23-30-13-5-9-17-34(30)40(38)25-41-35-18-10-6-14-31(35)24-39(41)37-22-27(2)20-29-12-4-8-16-33(29)37/h3-25,40-41H,1-2H3. The van der Waals surface area contributed by atoms with Crippen LogP contribution in [0.25, 0.3) is 44.8 Å². The van der Waals surface area contributed by atoms with Gasteiger partial charge in [-0.3, -0.25) is 0 Å². The number of aryl methyl sites for hydroxylation is 2. The number of hydrogen-bond acceptors (Lipinski definition) is 0. The molecule has 0 fully saturated rings. The van der Waals surface area contributed by atoms with E-state index < -0.39 is 0 Å². The van der Waals surface area contributed by atoms with E-state index in [0.717, 1.165) is 0 Å². The highest BCUT2D eigenvalue weighted by Gasteiger charge is 2.35. The van der Waals surface area contributed by atoms with Gasteiger partial charge in [0.15, 0.2) is 0 Å². The Morgan fingerprint density at radius 1 is 0.463 bits per heavy atom. The molecular formula is C41H31. The van der Waals surface area contributed by atoms with Crippen LogP contribution in [0.4, 0.5) is 0 Å². The van der Waals surface area contributed by atoms with Crippen molar-refractivity contribution in [3.63, 3.8) is 0 Å². The smallest absolute Gasteiger partial charge is 0.0142 e. The predicted molar refractivity (Wildman–Crippen MR) is 176 cm³/mol. The quantitative estimate of drug-likeness (QED) is 0.216. The normalized spacial score (nSPS) is 17.4. The molecule has 0 heteroatoms. The third-order valence-electron chi connectivity index (χ3n) is 8.97. The fourth-order valence-electron chi connectivity index (χ4n) is 7.20. The van der Waals surface area contributed by atoms with Crippen LogP contribution in [0, 0.1) is 20.3 Å². The van der Waals surface area contributed by atoms with Crippen LogP contribution in [0.2, 0.25) is 0 Å². The molecule has 0 spiro atoms. The summed E-state index contributed by atoms with van der Waals surface area (Å²) in [5, 5.41) is 5.25. The van der Waals surface area contributed by atoms with Crippen molar-refractivity contribution in [2.24, 2.45) is 0 Å². The van der Waals surface area contributed by atoms with Crippen molar-refractivity contribution in [1.29, 1.82) is 0 Å². The highest BCUT2D eigenvalue weighted by molar-refractivity contribution is 6.05. The average Bonchev–Trinajstić information content (AvgIpc) is 3.55. The number of allylic oxidation sites excluding steroid dienone is 2. The van der Waals surface area contributed by atoms with Crippen LogP contribution in [0.3, 0.4) is 0 Å². The van der Waals surface area contributed by atoms with Gasteiger partial charge in [0, 0.05) is 11.8 Å². The number of rotatable bonds is 4. The van der Waals surface area contributed by atoms with Gasteiger partial charge in [0.25, 0.3) is 0 Å². The van der Waals surface area contributed by atoms with Crippen molar-refractivity contribution >= 4 is 44.8 Å². The third kappa shape index (κ3) is 3.98. The Bertz CT molecular complexity index is 1900. The first-order chi connectivity index (χ1) is 20.1. The predicted octanol–water partition coefficient (Wildman–Crippen LogP) is 10.8. The lowest BCUT2D eigenvalue weighted by Crippen LogP contribution is -2.09. The van der Waals surface area contributed by atoms with Crippen LogP contribution in [0.1, 0.15) is 56.3 Å². The van der Waals surface area contributed by atoms with Crippen molar-refractivity contribution in [3.05, 3.63) is 172 Å². The molecule has 0 N–H and O–H groups in total. The van der Waals surface area contributed by atoms with Crippen LogP contribution >= 0.6 is 0 Å². The lowest BCUT2D eigenvalue weighted by Gasteiger charge is -2.26. The topological polar surface area (TPSA) is 0 Å². The summed E-state index contributed by atoms with van der Waals surface area (Å²) in [5.41, 5.74) is 13.5. The molecule has 2 aliphatic carbocycles. The molecule has 0 bridgehead atoms. The van der Waals surface area contributed by atoms with Crippen molar-refractivity contribution < 1.29 is 0 Å². The fraction of sp³-hybridized carbons (Fsp3) is 0.0976. The summed E-state index contributed by atoms with van der Waals surface area (Å²) in [5.74, 6) is 0.374. The van der Waals surface area contributed by atoms with Crippen molar-refractivity contribution in [2.75, 3.05) is 0 Å². The molecule has 0 saturated carbocycles. The van der Waals surface area contributed by atoms with E-state index >= 15 is 0 Å². The van der Waals surface area contributed by atoms with Gasteiger partial charge in [-0.25, -0.2) is 0 Å². The summed E-state index contributed by atoms with van der Waals surface area (Å²) < 4.78 is 0. The molecule has 41 heavy (non-hydrogen) atoms. The molecule has 6 aromatic rings. The van der Waals surface area contributed by atoms with Crippen molar-refractivity contribution in [1.82, 2.24) is 0 Å². The van der Waals surface area contributed by atoms with Gasteiger partial charge in [-0.1, -0.05) is 133 Å². The Labute approximate surface area is 242 Å². The maximum absolute atomic E-state index is 2.63. The summed E-state index contributed by atoms with van der Waals surface area (Å²) in [4.78, 5) is 0. The van der Waals surface area contributed by atoms with E-state index in [1.54, 1.807) is 0 Å². The van der Waals surface area contributed by atoms with Crippen LogP contribution < -0.4 is 0 Å². The molecule has 2 unspecified atom stereocenters. The second-order valence-corrected chi connectivity index (χ2v) is 11.7. The maximum Gasteiger partial charge on any atom is 0.0142 e. The van der Waals surface area contributed by atoms with Crippen LogP contribution in [0.15, 0.2) is 121 Å². The van der Waals surface area contributed by atoms with E-state index in [0.29, 0.717) is 0 Å². The van der Waals surface area contributed by atoms with E-state index in [-0.39, 0.29) is 11.8 Å². The Morgan fingerprint density at radius 3 is 1.37 bits per heavy atom. The Hall–Kier alpha value is -4.68. The highest BCUT2D eigenvalue weighted by Crippen LogP contribution is 2.53. The molecule has 0 heterocycles. The molecule has 0 aliphatic heterocycles. The van der Waals surface area contributed by atoms with Crippen LogP contribution in [-0.2, 0) is 0 Å². The third-order valence-corrected chi connectivity index (χ3v) is 8.97. The Balaban J connectivity index is 1.30. The summed E-state index contributed by atoms with van der Waals surface area (Å²) in [6, 6.07) is 44.9. The molecule has 0 amide bonds.